The molecule has 0 aromatic heterocycles. The van der Waals surface area contributed by atoms with Gasteiger partial charge in [0.1, 0.15) is 5.78 Å². The van der Waals surface area contributed by atoms with Gasteiger partial charge in [-0.1, -0.05) is 19.3 Å². The third kappa shape index (κ3) is 6.16. The zero-order chi connectivity index (χ0) is 16.4. The van der Waals surface area contributed by atoms with Crippen LogP contribution in [0.25, 0.3) is 0 Å². The molecule has 0 saturated heterocycles. The molecule has 0 radical (unpaired) electrons. The number of ether oxygens (including phenoxy) is 2. The number of esters is 2. The maximum absolute atomic E-state index is 11.9. The van der Waals surface area contributed by atoms with E-state index in [9.17, 15) is 14.4 Å². The normalized spacial score (nSPS) is 20.9. The average molecular weight is 312 g/mol. The van der Waals surface area contributed by atoms with Gasteiger partial charge in [0.2, 0.25) is 0 Å². The van der Waals surface area contributed by atoms with Crippen molar-refractivity contribution in [1.82, 2.24) is 0 Å². The Bertz CT molecular complexity index is 377. The van der Waals surface area contributed by atoms with Gasteiger partial charge in [-0.25, -0.2) is 0 Å². The van der Waals surface area contributed by atoms with Crippen molar-refractivity contribution < 1.29 is 23.9 Å². The molecular formula is C17H28O5. The first-order valence-corrected chi connectivity index (χ1v) is 8.45. The molecule has 5 nitrogen and oxygen atoms in total. The molecule has 2 atom stereocenters. The van der Waals surface area contributed by atoms with Crippen LogP contribution in [0.5, 0.6) is 0 Å². The summed E-state index contributed by atoms with van der Waals surface area (Å²) in [4.78, 5) is 34.9. The van der Waals surface area contributed by atoms with E-state index in [1.54, 1.807) is 13.8 Å². The molecule has 0 N–H and O–H groups in total. The minimum absolute atomic E-state index is 0.143. The number of Topliss-reactive ketones (excluding diaryl/α,β-unsaturated/α-hetero) is 1. The molecule has 1 rings (SSSR count). The van der Waals surface area contributed by atoms with Gasteiger partial charge >= 0.3 is 11.9 Å². The van der Waals surface area contributed by atoms with Crippen LogP contribution in [0, 0.1) is 11.8 Å². The second-order valence-electron chi connectivity index (χ2n) is 5.73. The van der Waals surface area contributed by atoms with Crippen LogP contribution in [0.3, 0.4) is 0 Å². The molecule has 0 aliphatic heterocycles. The summed E-state index contributed by atoms with van der Waals surface area (Å²) in [5, 5.41) is 0. The van der Waals surface area contributed by atoms with E-state index >= 15 is 0 Å². The van der Waals surface area contributed by atoms with E-state index in [0.717, 1.165) is 32.1 Å². The molecule has 22 heavy (non-hydrogen) atoms. The Morgan fingerprint density at radius 3 is 2.41 bits per heavy atom. The Balaban J connectivity index is 2.20. The van der Waals surface area contributed by atoms with Gasteiger partial charge in [0, 0.05) is 18.8 Å². The summed E-state index contributed by atoms with van der Waals surface area (Å²) >= 11 is 0. The third-order valence-electron chi connectivity index (χ3n) is 4.14. The van der Waals surface area contributed by atoms with Crippen LogP contribution in [0.2, 0.25) is 0 Å². The highest BCUT2D eigenvalue weighted by Gasteiger charge is 2.39. The van der Waals surface area contributed by atoms with Crippen molar-refractivity contribution in [2.45, 2.75) is 65.2 Å². The van der Waals surface area contributed by atoms with Gasteiger partial charge in [-0.3, -0.25) is 14.4 Å². The summed E-state index contributed by atoms with van der Waals surface area (Å²) in [6.07, 6.45) is 5.99. The summed E-state index contributed by atoms with van der Waals surface area (Å²) in [6.45, 7) is 4.38. The first kappa shape index (κ1) is 18.7. The first-order valence-electron chi connectivity index (χ1n) is 8.45. The van der Waals surface area contributed by atoms with Crippen LogP contribution in [-0.4, -0.2) is 30.9 Å². The summed E-state index contributed by atoms with van der Waals surface area (Å²) in [7, 11) is 0. The summed E-state index contributed by atoms with van der Waals surface area (Å²) < 4.78 is 9.93. The summed E-state index contributed by atoms with van der Waals surface area (Å²) in [6, 6.07) is 0. The van der Waals surface area contributed by atoms with Crippen molar-refractivity contribution in [3.63, 3.8) is 0 Å². The third-order valence-corrected chi connectivity index (χ3v) is 4.14. The second-order valence-corrected chi connectivity index (χ2v) is 5.73. The van der Waals surface area contributed by atoms with Crippen molar-refractivity contribution in [1.29, 1.82) is 0 Å². The zero-order valence-electron chi connectivity index (χ0n) is 13.8. The molecule has 0 amide bonds. The SMILES string of the molecule is CCOC(=O)CCCCCCC1C(=O)CCC1C(=O)OCC. The molecule has 1 saturated carbocycles. The molecule has 0 aromatic rings. The highest BCUT2D eigenvalue weighted by atomic mass is 16.5. The molecule has 1 fully saturated rings. The molecule has 0 spiro atoms. The second kappa shape index (κ2) is 10.4. The first-order chi connectivity index (χ1) is 10.6. The Hall–Kier alpha value is -1.39. The van der Waals surface area contributed by atoms with E-state index in [2.05, 4.69) is 0 Å². The Kier molecular flexibility index (Phi) is 8.78. The molecule has 1 aliphatic carbocycles. The molecule has 5 heteroatoms. The van der Waals surface area contributed by atoms with Gasteiger partial charge in [-0.05, 0) is 33.1 Å². The maximum atomic E-state index is 11.9. The van der Waals surface area contributed by atoms with Crippen molar-refractivity contribution in [2.24, 2.45) is 11.8 Å². The average Bonchev–Trinajstić information content (AvgIpc) is 2.84. The van der Waals surface area contributed by atoms with E-state index in [1.165, 1.54) is 0 Å². The molecule has 2 unspecified atom stereocenters. The molecule has 126 valence electrons. The summed E-state index contributed by atoms with van der Waals surface area (Å²) in [5.41, 5.74) is 0. The number of carbonyl (C=O) groups excluding carboxylic acids is 3. The van der Waals surface area contributed by atoms with Crippen LogP contribution >= 0.6 is 0 Å². The predicted molar refractivity (Wildman–Crippen MR) is 82.2 cm³/mol. The topological polar surface area (TPSA) is 69.7 Å². The monoisotopic (exact) mass is 312 g/mol. The summed E-state index contributed by atoms with van der Waals surface area (Å²) in [5.74, 6) is -0.572. The largest absolute Gasteiger partial charge is 0.466 e. The Morgan fingerprint density at radius 2 is 1.73 bits per heavy atom. The van der Waals surface area contributed by atoms with E-state index in [-0.39, 0.29) is 29.6 Å². The molecular weight excluding hydrogens is 284 g/mol. The van der Waals surface area contributed by atoms with Gasteiger partial charge in [-0.15, -0.1) is 0 Å². The number of carbonyl (C=O) groups is 3. The number of hydrogen-bond acceptors (Lipinski definition) is 5. The minimum Gasteiger partial charge on any atom is -0.466 e. The van der Waals surface area contributed by atoms with Gasteiger partial charge in [0.25, 0.3) is 0 Å². The standard InChI is InChI=1S/C17H28O5/c1-3-21-16(19)10-8-6-5-7-9-13-14(11-12-15(13)18)17(20)22-4-2/h13-14H,3-12H2,1-2H3. The van der Waals surface area contributed by atoms with Crippen molar-refractivity contribution in [3.05, 3.63) is 0 Å². The smallest absolute Gasteiger partial charge is 0.309 e. The lowest BCUT2D eigenvalue weighted by atomic mass is 9.90. The van der Waals surface area contributed by atoms with E-state index < -0.39 is 0 Å². The van der Waals surface area contributed by atoms with Crippen molar-refractivity contribution in [2.75, 3.05) is 13.2 Å². The molecule has 0 aromatic carbocycles. The number of hydrogen-bond donors (Lipinski definition) is 0. The molecule has 0 heterocycles. The quantitative estimate of drug-likeness (QED) is 0.458. The minimum atomic E-state index is -0.244. The molecule has 1 aliphatic rings. The van der Waals surface area contributed by atoms with Gasteiger partial charge in [0.05, 0.1) is 19.1 Å². The zero-order valence-corrected chi connectivity index (χ0v) is 13.8. The van der Waals surface area contributed by atoms with Gasteiger partial charge < -0.3 is 9.47 Å². The van der Waals surface area contributed by atoms with Crippen LogP contribution in [-0.2, 0) is 23.9 Å². The van der Waals surface area contributed by atoms with Crippen LogP contribution in [0.15, 0.2) is 0 Å². The van der Waals surface area contributed by atoms with E-state index in [4.69, 9.17) is 9.47 Å². The number of unbranched alkanes of at least 4 members (excludes halogenated alkanes) is 3. The van der Waals surface area contributed by atoms with E-state index in [1.807, 2.05) is 0 Å². The highest BCUT2D eigenvalue weighted by Crippen LogP contribution is 2.33. The lowest BCUT2D eigenvalue weighted by Gasteiger charge is -2.16. The highest BCUT2D eigenvalue weighted by molar-refractivity contribution is 5.90. The predicted octanol–water partition coefficient (Wildman–Crippen LogP) is 3.05. The lowest BCUT2D eigenvalue weighted by molar-refractivity contribution is -0.150. The lowest BCUT2D eigenvalue weighted by Crippen LogP contribution is -2.24. The van der Waals surface area contributed by atoms with Crippen LogP contribution in [0.1, 0.15) is 65.2 Å². The fraction of sp³-hybridized carbons (Fsp3) is 0.824. The van der Waals surface area contributed by atoms with Crippen LogP contribution < -0.4 is 0 Å². The maximum Gasteiger partial charge on any atom is 0.309 e. The number of ketones is 1. The Morgan fingerprint density at radius 1 is 1.05 bits per heavy atom. The van der Waals surface area contributed by atoms with Crippen LogP contribution in [0.4, 0.5) is 0 Å². The van der Waals surface area contributed by atoms with Crippen molar-refractivity contribution >= 4 is 17.7 Å². The van der Waals surface area contributed by atoms with Gasteiger partial charge in [0.15, 0.2) is 0 Å². The molecule has 0 bridgehead atoms. The fourth-order valence-corrected chi connectivity index (χ4v) is 3.02. The number of rotatable bonds is 10. The van der Waals surface area contributed by atoms with Gasteiger partial charge in [-0.2, -0.15) is 0 Å². The Labute approximate surface area is 132 Å². The van der Waals surface area contributed by atoms with E-state index in [0.29, 0.717) is 32.5 Å². The van der Waals surface area contributed by atoms with Crippen molar-refractivity contribution in [3.8, 4) is 0 Å². The fourth-order valence-electron chi connectivity index (χ4n) is 3.02.